The normalized spacial score (nSPS) is 13.2. The van der Waals surface area contributed by atoms with Gasteiger partial charge in [-0.3, -0.25) is 4.79 Å². The molecule has 9 nitrogen and oxygen atoms in total. The van der Waals surface area contributed by atoms with Crippen LogP contribution in [-0.4, -0.2) is 42.7 Å². The van der Waals surface area contributed by atoms with Crippen LogP contribution in [0, 0.1) is 0 Å². The van der Waals surface area contributed by atoms with Crippen LogP contribution in [0.4, 0.5) is 5.82 Å². The van der Waals surface area contributed by atoms with Crippen molar-refractivity contribution in [2.45, 2.75) is 13.3 Å². The lowest BCUT2D eigenvalue weighted by Crippen LogP contribution is -2.00. The van der Waals surface area contributed by atoms with Gasteiger partial charge in [0.05, 0.1) is 21.3 Å². The summed E-state index contributed by atoms with van der Waals surface area (Å²) < 4.78 is 21.3. The quantitative estimate of drug-likeness (QED) is 0.572. The van der Waals surface area contributed by atoms with E-state index in [2.05, 4.69) is 26.3 Å². The SMILES string of the molecule is COC1=CC(C)=CCC(OC)=C1OC.O=CNc1cc(-c2nc3ncccc3o2)ccn1. The number of ether oxygens (including phenoxy) is 3. The zero-order valence-electron chi connectivity index (χ0n) is 18.3. The predicted molar refractivity (Wildman–Crippen MR) is 119 cm³/mol. The van der Waals surface area contributed by atoms with Crippen LogP contribution in [0.15, 0.2) is 76.1 Å². The van der Waals surface area contributed by atoms with Gasteiger partial charge in [-0.25, -0.2) is 9.97 Å². The lowest BCUT2D eigenvalue weighted by Gasteiger charge is -2.12. The number of carbonyl (C=O) groups excluding carboxylic acids is 1. The first-order valence-electron chi connectivity index (χ1n) is 9.71. The number of oxazole rings is 1. The summed E-state index contributed by atoms with van der Waals surface area (Å²) in [5, 5.41) is 2.47. The van der Waals surface area contributed by atoms with Crippen LogP contribution < -0.4 is 5.32 Å². The van der Waals surface area contributed by atoms with Crippen molar-refractivity contribution in [3.05, 3.63) is 71.7 Å². The summed E-state index contributed by atoms with van der Waals surface area (Å²) >= 11 is 0. The number of hydrogen-bond acceptors (Lipinski definition) is 8. The minimum Gasteiger partial charge on any atom is -0.497 e. The van der Waals surface area contributed by atoms with Crippen molar-refractivity contribution in [3.63, 3.8) is 0 Å². The highest BCUT2D eigenvalue weighted by Gasteiger charge is 2.16. The van der Waals surface area contributed by atoms with E-state index in [1.54, 1.807) is 58.0 Å². The third kappa shape index (κ3) is 5.31. The minimum absolute atomic E-state index is 0.442. The van der Waals surface area contributed by atoms with E-state index in [1.807, 2.05) is 13.0 Å². The molecule has 3 heterocycles. The van der Waals surface area contributed by atoms with Crippen molar-refractivity contribution < 1.29 is 23.4 Å². The highest BCUT2D eigenvalue weighted by Crippen LogP contribution is 2.25. The molecule has 1 N–H and O–H groups in total. The number of rotatable bonds is 6. The molecule has 0 aromatic carbocycles. The molecule has 9 heteroatoms. The predicted octanol–water partition coefficient (Wildman–Crippen LogP) is 4.22. The summed E-state index contributed by atoms with van der Waals surface area (Å²) in [4.78, 5) is 22.7. The van der Waals surface area contributed by atoms with Gasteiger partial charge >= 0.3 is 0 Å². The third-order valence-electron chi connectivity index (χ3n) is 4.49. The van der Waals surface area contributed by atoms with Crippen molar-refractivity contribution in [1.82, 2.24) is 15.0 Å². The molecule has 0 atom stereocenters. The summed E-state index contributed by atoms with van der Waals surface area (Å²) in [6, 6.07) is 7.01. The molecule has 0 radical (unpaired) electrons. The number of amides is 1. The van der Waals surface area contributed by atoms with Gasteiger partial charge in [0.25, 0.3) is 0 Å². The van der Waals surface area contributed by atoms with Gasteiger partial charge in [0, 0.05) is 24.4 Å². The first-order chi connectivity index (χ1) is 15.6. The Hall–Kier alpha value is -4.14. The molecule has 0 saturated carbocycles. The van der Waals surface area contributed by atoms with E-state index in [9.17, 15) is 4.79 Å². The van der Waals surface area contributed by atoms with Crippen LogP contribution >= 0.6 is 0 Å². The van der Waals surface area contributed by atoms with Gasteiger partial charge < -0.3 is 23.9 Å². The molecule has 1 aliphatic carbocycles. The molecule has 1 amide bonds. The van der Waals surface area contributed by atoms with Crippen molar-refractivity contribution in [2.24, 2.45) is 0 Å². The molecule has 0 bridgehead atoms. The smallest absolute Gasteiger partial charge is 0.229 e. The number of hydrogen-bond donors (Lipinski definition) is 1. The van der Waals surface area contributed by atoms with E-state index >= 15 is 0 Å². The molecular weight excluding hydrogens is 412 g/mol. The van der Waals surface area contributed by atoms with E-state index in [0.717, 1.165) is 23.3 Å². The molecule has 32 heavy (non-hydrogen) atoms. The first kappa shape index (κ1) is 22.5. The summed E-state index contributed by atoms with van der Waals surface area (Å²) in [5.74, 6) is 3.05. The van der Waals surface area contributed by atoms with Crippen molar-refractivity contribution >= 4 is 23.5 Å². The van der Waals surface area contributed by atoms with Crippen LogP contribution in [0.25, 0.3) is 22.7 Å². The Morgan fingerprint density at radius 1 is 1.09 bits per heavy atom. The lowest BCUT2D eigenvalue weighted by molar-refractivity contribution is -0.105. The summed E-state index contributed by atoms with van der Waals surface area (Å²) in [5.41, 5.74) is 3.04. The monoisotopic (exact) mass is 436 g/mol. The molecule has 0 saturated heterocycles. The number of pyridine rings is 2. The molecule has 4 rings (SSSR count). The number of methoxy groups -OCH3 is 3. The van der Waals surface area contributed by atoms with Crippen molar-refractivity contribution in [1.29, 1.82) is 0 Å². The Morgan fingerprint density at radius 3 is 2.62 bits per heavy atom. The summed E-state index contributed by atoms with van der Waals surface area (Å²) in [7, 11) is 4.87. The van der Waals surface area contributed by atoms with Gasteiger partial charge in [0.2, 0.25) is 12.3 Å². The fourth-order valence-corrected chi connectivity index (χ4v) is 2.95. The molecule has 3 aromatic heterocycles. The van der Waals surface area contributed by atoms with Gasteiger partial charge in [0.15, 0.2) is 22.7 Å². The van der Waals surface area contributed by atoms with Crippen LogP contribution in [0.2, 0.25) is 0 Å². The highest BCUT2D eigenvalue weighted by molar-refractivity contribution is 5.74. The van der Waals surface area contributed by atoms with E-state index in [1.165, 1.54) is 0 Å². The number of allylic oxidation sites excluding steroid dienone is 3. The van der Waals surface area contributed by atoms with E-state index in [0.29, 0.717) is 40.9 Å². The van der Waals surface area contributed by atoms with Crippen LogP contribution in [0.1, 0.15) is 13.3 Å². The van der Waals surface area contributed by atoms with E-state index in [-0.39, 0.29) is 0 Å². The van der Waals surface area contributed by atoms with Crippen LogP contribution in [-0.2, 0) is 19.0 Å². The van der Waals surface area contributed by atoms with E-state index in [4.69, 9.17) is 18.6 Å². The third-order valence-corrected chi connectivity index (χ3v) is 4.49. The number of fused-ring (bicyclic) bond motifs is 1. The zero-order valence-corrected chi connectivity index (χ0v) is 18.3. The van der Waals surface area contributed by atoms with Crippen molar-refractivity contribution in [3.8, 4) is 11.5 Å². The maximum atomic E-state index is 10.4. The number of anilines is 1. The largest absolute Gasteiger partial charge is 0.497 e. The van der Waals surface area contributed by atoms with Crippen LogP contribution in [0.5, 0.6) is 0 Å². The Bertz CT molecular complexity index is 1150. The Morgan fingerprint density at radius 2 is 1.94 bits per heavy atom. The molecule has 0 unspecified atom stereocenters. The summed E-state index contributed by atoms with van der Waals surface area (Å²) in [6.07, 6.45) is 8.54. The number of nitrogens with one attached hydrogen (secondary N) is 1. The molecule has 3 aromatic rings. The molecule has 166 valence electrons. The van der Waals surface area contributed by atoms with E-state index < -0.39 is 0 Å². The Kier molecular flexibility index (Phi) is 7.58. The molecule has 0 aliphatic heterocycles. The first-order valence-corrected chi connectivity index (χ1v) is 9.71. The fraction of sp³-hybridized carbons (Fsp3) is 0.217. The topological polar surface area (TPSA) is 109 Å². The van der Waals surface area contributed by atoms with Gasteiger partial charge in [0.1, 0.15) is 11.6 Å². The summed E-state index contributed by atoms with van der Waals surface area (Å²) in [6.45, 7) is 2.02. The maximum absolute atomic E-state index is 10.4. The zero-order chi connectivity index (χ0) is 22.9. The minimum atomic E-state index is 0.442. The van der Waals surface area contributed by atoms with Gasteiger partial charge in [-0.1, -0.05) is 11.6 Å². The second-order valence-electron chi connectivity index (χ2n) is 6.56. The van der Waals surface area contributed by atoms with Crippen molar-refractivity contribution in [2.75, 3.05) is 26.6 Å². The standard InChI is InChI=1S/C12H8N4O2.C11H16O3/c17-7-15-10-6-8(3-5-13-10)12-16-11-9(18-12)2-1-4-14-11;1-8-5-6-9(12-2)11(14-4)10(7-8)13-3/h1-7H,(H,13,15,17);5,7H,6H2,1-4H3. The average Bonchev–Trinajstić information content (AvgIpc) is 3.18. The van der Waals surface area contributed by atoms with Gasteiger partial charge in [-0.15, -0.1) is 0 Å². The number of aromatic nitrogens is 3. The second kappa shape index (κ2) is 10.8. The van der Waals surface area contributed by atoms with Crippen LogP contribution in [0.3, 0.4) is 0 Å². The average molecular weight is 436 g/mol. The molecule has 1 aliphatic rings. The van der Waals surface area contributed by atoms with Gasteiger partial charge in [-0.2, -0.15) is 4.98 Å². The maximum Gasteiger partial charge on any atom is 0.229 e. The number of nitrogens with zero attached hydrogens (tertiary/aromatic N) is 3. The number of carbonyl (C=O) groups is 1. The molecule has 0 spiro atoms. The lowest BCUT2D eigenvalue weighted by atomic mass is 10.2. The Balaban J connectivity index is 0.000000188. The Labute approximate surface area is 185 Å². The van der Waals surface area contributed by atoms with Gasteiger partial charge in [-0.05, 0) is 37.3 Å². The highest BCUT2D eigenvalue weighted by atomic mass is 16.5. The molecule has 0 fully saturated rings. The second-order valence-corrected chi connectivity index (χ2v) is 6.56. The fourth-order valence-electron chi connectivity index (χ4n) is 2.95. The molecular formula is C23H24N4O5.